The summed E-state index contributed by atoms with van der Waals surface area (Å²) in [6.45, 7) is 2.20. The highest BCUT2D eigenvalue weighted by molar-refractivity contribution is 7.12. The van der Waals surface area contributed by atoms with Crippen LogP contribution in [0.15, 0.2) is 35.7 Å². The molecule has 0 saturated carbocycles. The molecule has 0 bridgehead atoms. The molecule has 1 saturated heterocycles. The minimum Gasteiger partial charge on any atom is -0.496 e. The highest BCUT2D eigenvalue weighted by atomic mass is 32.1. The summed E-state index contributed by atoms with van der Waals surface area (Å²) >= 11 is 1.42. The number of carbonyl (C=O) groups is 1. The first-order valence-corrected chi connectivity index (χ1v) is 8.38. The fraction of sp³-hybridized carbons (Fsp3) is 0.312. The summed E-state index contributed by atoms with van der Waals surface area (Å²) in [5.41, 5.74) is 0.580. The number of carbonyl (C=O) groups excluding carboxylic acids is 1. The van der Waals surface area contributed by atoms with Crippen LogP contribution in [0.2, 0.25) is 0 Å². The van der Waals surface area contributed by atoms with Crippen LogP contribution in [0, 0.1) is 10.1 Å². The first-order valence-electron chi connectivity index (χ1n) is 7.50. The van der Waals surface area contributed by atoms with Crippen molar-refractivity contribution < 1.29 is 14.5 Å². The second-order valence-corrected chi connectivity index (χ2v) is 6.32. The van der Waals surface area contributed by atoms with Crippen molar-refractivity contribution in [1.82, 2.24) is 4.90 Å². The molecule has 0 radical (unpaired) electrons. The van der Waals surface area contributed by atoms with E-state index in [2.05, 4.69) is 0 Å². The summed E-state index contributed by atoms with van der Waals surface area (Å²) in [5, 5.41) is 13.2. The molecule has 1 aliphatic rings. The van der Waals surface area contributed by atoms with Crippen LogP contribution in [-0.4, -0.2) is 49.0 Å². The van der Waals surface area contributed by atoms with Crippen LogP contribution >= 0.6 is 11.3 Å². The summed E-state index contributed by atoms with van der Waals surface area (Å²) in [4.78, 5) is 27.7. The van der Waals surface area contributed by atoms with Gasteiger partial charge in [0.05, 0.1) is 23.0 Å². The third kappa shape index (κ3) is 3.18. The van der Waals surface area contributed by atoms with E-state index in [1.807, 2.05) is 22.4 Å². The number of anilines is 1. The van der Waals surface area contributed by atoms with Crippen LogP contribution in [0.25, 0.3) is 0 Å². The molecule has 0 N–H and O–H groups in total. The van der Waals surface area contributed by atoms with Crippen molar-refractivity contribution in [3.8, 4) is 5.75 Å². The second-order valence-electron chi connectivity index (χ2n) is 5.37. The molecule has 1 aromatic heterocycles. The van der Waals surface area contributed by atoms with Gasteiger partial charge in [0.2, 0.25) is 0 Å². The molecule has 1 aliphatic heterocycles. The van der Waals surface area contributed by atoms with E-state index < -0.39 is 4.92 Å². The molecule has 0 unspecified atom stereocenters. The second kappa shape index (κ2) is 6.88. The van der Waals surface area contributed by atoms with Gasteiger partial charge in [0.1, 0.15) is 11.4 Å². The molecule has 0 atom stereocenters. The zero-order valence-corrected chi connectivity index (χ0v) is 14.0. The summed E-state index contributed by atoms with van der Waals surface area (Å²) < 4.78 is 5.06. The normalized spacial score (nSPS) is 14.5. The van der Waals surface area contributed by atoms with Gasteiger partial charge in [-0.1, -0.05) is 6.07 Å². The summed E-state index contributed by atoms with van der Waals surface area (Å²) in [6, 6.07) is 8.51. The van der Waals surface area contributed by atoms with Gasteiger partial charge in [0, 0.05) is 26.2 Å². The summed E-state index contributed by atoms with van der Waals surface area (Å²) in [7, 11) is 1.48. The predicted molar refractivity (Wildman–Crippen MR) is 92.1 cm³/mol. The van der Waals surface area contributed by atoms with Crippen molar-refractivity contribution in [1.29, 1.82) is 0 Å². The molecule has 1 amide bonds. The van der Waals surface area contributed by atoms with E-state index >= 15 is 0 Å². The van der Waals surface area contributed by atoms with E-state index in [9.17, 15) is 14.9 Å². The van der Waals surface area contributed by atoms with Crippen LogP contribution in [0.4, 0.5) is 11.4 Å². The zero-order chi connectivity index (χ0) is 17.1. The monoisotopic (exact) mass is 347 g/mol. The first kappa shape index (κ1) is 16.3. The Hall–Kier alpha value is -2.61. The number of piperazine rings is 1. The molecular formula is C16H17N3O4S. The maximum absolute atomic E-state index is 12.4. The molecule has 1 aromatic carbocycles. The SMILES string of the molecule is COc1ccc(N2CCN(C(=O)c3cccs3)CC2)c([N+](=O)[O-])c1. The lowest BCUT2D eigenvalue weighted by Crippen LogP contribution is -2.48. The van der Waals surface area contributed by atoms with Crippen LogP contribution in [0.5, 0.6) is 5.75 Å². The van der Waals surface area contributed by atoms with Gasteiger partial charge in [-0.25, -0.2) is 0 Å². The van der Waals surface area contributed by atoms with Crippen LogP contribution in [0.1, 0.15) is 9.67 Å². The highest BCUT2D eigenvalue weighted by Gasteiger charge is 2.27. The van der Waals surface area contributed by atoms with Crippen molar-refractivity contribution in [2.45, 2.75) is 0 Å². The third-order valence-electron chi connectivity index (χ3n) is 4.02. The number of benzene rings is 1. The molecular weight excluding hydrogens is 330 g/mol. The van der Waals surface area contributed by atoms with Crippen molar-refractivity contribution in [2.24, 2.45) is 0 Å². The number of hydrogen-bond donors (Lipinski definition) is 0. The Morgan fingerprint density at radius 1 is 1.25 bits per heavy atom. The first-order chi connectivity index (χ1) is 11.6. The van der Waals surface area contributed by atoms with Gasteiger partial charge in [-0.2, -0.15) is 0 Å². The predicted octanol–water partition coefficient (Wildman–Crippen LogP) is 2.63. The molecule has 3 rings (SSSR count). The Balaban J connectivity index is 1.73. The van der Waals surface area contributed by atoms with E-state index in [-0.39, 0.29) is 11.6 Å². The van der Waals surface area contributed by atoms with Crippen LogP contribution < -0.4 is 9.64 Å². The van der Waals surface area contributed by atoms with Gasteiger partial charge >= 0.3 is 0 Å². The number of nitro groups is 1. The molecule has 8 heteroatoms. The number of rotatable bonds is 4. The molecule has 126 valence electrons. The Bertz CT molecular complexity index is 740. The number of ether oxygens (including phenoxy) is 1. The fourth-order valence-electron chi connectivity index (χ4n) is 2.75. The summed E-state index contributed by atoms with van der Waals surface area (Å²) in [6.07, 6.45) is 0. The van der Waals surface area contributed by atoms with Crippen molar-refractivity contribution >= 4 is 28.6 Å². The lowest BCUT2D eigenvalue weighted by Gasteiger charge is -2.35. The average molecular weight is 347 g/mol. The van der Waals surface area contributed by atoms with Crippen molar-refractivity contribution in [3.05, 3.63) is 50.7 Å². The van der Waals surface area contributed by atoms with Crippen LogP contribution in [0.3, 0.4) is 0 Å². The minimum atomic E-state index is -0.402. The van der Waals surface area contributed by atoms with E-state index in [1.54, 1.807) is 17.0 Å². The topological polar surface area (TPSA) is 75.9 Å². The van der Waals surface area contributed by atoms with Crippen molar-refractivity contribution in [3.63, 3.8) is 0 Å². The molecule has 0 spiro atoms. The summed E-state index contributed by atoms with van der Waals surface area (Å²) in [5.74, 6) is 0.478. The van der Waals surface area contributed by atoms with Gasteiger partial charge in [0.25, 0.3) is 11.6 Å². The lowest BCUT2D eigenvalue weighted by molar-refractivity contribution is -0.384. The largest absolute Gasteiger partial charge is 0.496 e. The fourth-order valence-corrected chi connectivity index (χ4v) is 3.44. The maximum Gasteiger partial charge on any atom is 0.296 e. The Labute approximate surface area is 143 Å². The number of nitro benzene ring substituents is 1. The number of nitrogens with zero attached hydrogens (tertiary/aromatic N) is 3. The molecule has 2 aromatic rings. The molecule has 7 nitrogen and oxygen atoms in total. The smallest absolute Gasteiger partial charge is 0.296 e. The van der Waals surface area contributed by atoms with Gasteiger partial charge in [-0.05, 0) is 23.6 Å². The standard InChI is InChI=1S/C16H17N3O4S/c1-23-12-4-5-13(14(11-12)19(21)22)17-6-8-18(9-7-17)16(20)15-3-2-10-24-15/h2-5,10-11H,6-9H2,1H3. The van der Waals surface area contributed by atoms with Crippen LogP contribution in [-0.2, 0) is 0 Å². The van der Waals surface area contributed by atoms with E-state index in [4.69, 9.17) is 4.74 Å². The third-order valence-corrected chi connectivity index (χ3v) is 4.88. The number of hydrogen-bond acceptors (Lipinski definition) is 6. The maximum atomic E-state index is 12.4. The van der Waals surface area contributed by atoms with Gasteiger partial charge < -0.3 is 14.5 Å². The van der Waals surface area contributed by atoms with Gasteiger partial charge in [0.15, 0.2) is 0 Å². The van der Waals surface area contributed by atoms with Crippen molar-refractivity contribution in [2.75, 3.05) is 38.2 Å². The molecule has 0 aliphatic carbocycles. The molecule has 24 heavy (non-hydrogen) atoms. The van der Waals surface area contributed by atoms with Gasteiger partial charge in [-0.3, -0.25) is 14.9 Å². The quantitative estimate of drug-likeness (QED) is 0.628. The number of methoxy groups -OCH3 is 1. The van der Waals surface area contributed by atoms with Gasteiger partial charge in [-0.15, -0.1) is 11.3 Å². The molecule has 1 fully saturated rings. The van der Waals surface area contributed by atoms with E-state index in [0.29, 0.717) is 37.6 Å². The number of amides is 1. The Morgan fingerprint density at radius 3 is 2.58 bits per heavy atom. The van der Waals surface area contributed by atoms with E-state index in [1.165, 1.54) is 24.5 Å². The lowest BCUT2D eigenvalue weighted by atomic mass is 10.2. The zero-order valence-electron chi connectivity index (χ0n) is 13.2. The molecule has 2 heterocycles. The number of thiophene rings is 1. The van der Waals surface area contributed by atoms with E-state index in [0.717, 1.165) is 4.88 Å². The Kier molecular flexibility index (Phi) is 4.66. The Morgan fingerprint density at radius 2 is 2.00 bits per heavy atom. The minimum absolute atomic E-state index is 0.0207. The average Bonchev–Trinajstić information content (AvgIpc) is 3.15. The highest BCUT2D eigenvalue weighted by Crippen LogP contribution is 2.32.